The van der Waals surface area contributed by atoms with Crippen molar-refractivity contribution in [3.63, 3.8) is 0 Å². The number of allylic oxidation sites excluding steroid dienone is 6. The number of hydrogen-bond acceptors (Lipinski definition) is 2. The third-order valence-corrected chi connectivity index (χ3v) is 4.44. The van der Waals surface area contributed by atoms with Crippen LogP contribution in [0.3, 0.4) is 0 Å². The quantitative estimate of drug-likeness (QED) is 0.425. The van der Waals surface area contributed by atoms with Gasteiger partial charge in [-0.1, -0.05) is 45.9 Å². The zero-order valence-corrected chi connectivity index (χ0v) is 10.6. The van der Waals surface area contributed by atoms with Crippen molar-refractivity contribution in [1.29, 1.82) is 0 Å². The summed E-state index contributed by atoms with van der Waals surface area (Å²) in [6.45, 7) is 11.6. The minimum atomic E-state index is 0.958. The number of rotatable bonds is 7. The average Bonchev–Trinajstić information content (AvgIpc) is 2.22. The van der Waals surface area contributed by atoms with Crippen LogP contribution >= 0.6 is 21.6 Å². The number of hydrogen-bond donors (Lipinski definition) is 0. The van der Waals surface area contributed by atoms with E-state index in [2.05, 4.69) is 39.2 Å². The van der Waals surface area contributed by atoms with E-state index in [1.807, 2.05) is 33.7 Å². The largest absolute Gasteiger partial charge is 0.103 e. The van der Waals surface area contributed by atoms with Crippen LogP contribution < -0.4 is 0 Å². The first-order valence-electron chi connectivity index (χ1n) is 4.65. The van der Waals surface area contributed by atoms with E-state index in [-0.39, 0.29) is 0 Å². The van der Waals surface area contributed by atoms with Crippen molar-refractivity contribution >= 4 is 21.6 Å². The molecule has 0 aliphatic carbocycles. The van der Waals surface area contributed by atoms with Crippen molar-refractivity contribution in [2.45, 2.75) is 26.7 Å². The molecule has 0 radical (unpaired) electrons. The van der Waals surface area contributed by atoms with Crippen molar-refractivity contribution in [3.8, 4) is 0 Å². The maximum atomic E-state index is 3.74. The van der Waals surface area contributed by atoms with Crippen molar-refractivity contribution in [1.82, 2.24) is 0 Å². The monoisotopic (exact) mass is 226 g/mol. The molecule has 0 rings (SSSR count). The summed E-state index contributed by atoms with van der Waals surface area (Å²) in [6.07, 6.45) is 10.1. The Kier molecular flexibility index (Phi) is 9.00. The van der Waals surface area contributed by atoms with Crippen LogP contribution in [0.15, 0.2) is 47.3 Å². The minimum absolute atomic E-state index is 0.958. The maximum absolute atomic E-state index is 3.74. The maximum Gasteiger partial charge on any atom is -0.00346 e. The molecule has 0 saturated carbocycles. The molecule has 0 unspecified atom stereocenters. The van der Waals surface area contributed by atoms with E-state index in [0.29, 0.717) is 0 Å². The van der Waals surface area contributed by atoms with E-state index < -0.39 is 0 Å². The molecule has 0 amide bonds. The molecule has 0 N–H and O–H groups in total. The van der Waals surface area contributed by atoms with Gasteiger partial charge in [0.2, 0.25) is 0 Å². The van der Waals surface area contributed by atoms with Gasteiger partial charge in [0.15, 0.2) is 0 Å². The van der Waals surface area contributed by atoms with Crippen LogP contribution in [0.25, 0.3) is 0 Å². The van der Waals surface area contributed by atoms with E-state index in [1.165, 1.54) is 9.81 Å². The van der Waals surface area contributed by atoms with E-state index in [4.69, 9.17) is 0 Å². The summed E-state index contributed by atoms with van der Waals surface area (Å²) >= 11 is 0. The van der Waals surface area contributed by atoms with Gasteiger partial charge in [0.25, 0.3) is 0 Å². The Morgan fingerprint density at radius 1 is 0.929 bits per heavy atom. The molecule has 14 heavy (non-hydrogen) atoms. The van der Waals surface area contributed by atoms with Crippen molar-refractivity contribution in [3.05, 3.63) is 47.3 Å². The Labute approximate surface area is 95.6 Å². The highest BCUT2D eigenvalue weighted by Crippen LogP contribution is 2.39. The van der Waals surface area contributed by atoms with Gasteiger partial charge in [-0.15, -0.1) is 13.2 Å². The summed E-state index contributed by atoms with van der Waals surface area (Å²) in [6, 6.07) is 0. The molecule has 0 fully saturated rings. The fourth-order valence-electron chi connectivity index (χ4n) is 0.792. The summed E-state index contributed by atoms with van der Waals surface area (Å²) < 4.78 is 0. The third kappa shape index (κ3) is 6.17. The molecular formula is C12H18S2. The van der Waals surface area contributed by atoms with Crippen molar-refractivity contribution < 1.29 is 0 Å². The normalized spacial score (nSPS) is 12.7. The van der Waals surface area contributed by atoms with E-state index in [1.54, 1.807) is 0 Å². The molecule has 0 spiro atoms. The molecule has 2 heteroatoms. The van der Waals surface area contributed by atoms with Crippen LogP contribution in [0.1, 0.15) is 26.7 Å². The lowest BCUT2D eigenvalue weighted by atomic mass is 10.4. The molecular weight excluding hydrogens is 208 g/mol. The smallest absolute Gasteiger partial charge is 0.00346 e. The highest BCUT2D eigenvalue weighted by molar-refractivity contribution is 8.79. The van der Waals surface area contributed by atoms with Gasteiger partial charge < -0.3 is 0 Å². The highest BCUT2D eigenvalue weighted by Gasteiger charge is 1.99. The fraction of sp³-hybridized carbons (Fsp3) is 0.333. The Hall–Kier alpha value is -0.340. The van der Waals surface area contributed by atoms with E-state index >= 15 is 0 Å². The van der Waals surface area contributed by atoms with Crippen molar-refractivity contribution in [2.24, 2.45) is 0 Å². The van der Waals surface area contributed by atoms with Crippen LogP contribution in [0, 0.1) is 0 Å². The molecule has 0 heterocycles. The van der Waals surface area contributed by atoms with Gasteiger partial charge in [0, 0.05) is 0 Å². The lowest BCUT2D eigenvalue weighted by molar-refractivity contribution is 1.35. The molecule has 0 aliphatic heterocycles. The molecule has 78 valence electrons. The van der Waals surface area contributed by atoms with Gasteiger partial charge in [-0.05, 0) is 36.5 Å². The average molecular weight is 226 g/mol. The standard InChI is InChI=1S/C12H18S2/c1-5-9-11(7-3)13-14-12(8-4)10-6-2/h5-8H,1-2,9-10H2,3-4H3. The summed E-state index contributed by atoms with van der Waals surface area (Å²) in [7, 11) is 3.62. The van der Waals surface area contributed by atoms with Crippen LogP contribution in [0.2, 0.25) is 0 Å². The van der Waals surface area contributed by atoms with E-state index in [9.17, 15) is 0 Å². The summed E-state index contributed by atoms with van der Waals surface area (Å²) in [5.41, 5.74) is 0. The molecule has 0 saturated heterocycles. The topological polar surface area (TPSA) is 0 Å². The molecule has 0 bridgehead atoms. The Bertz CT molecular complexity index is 211. The minimum Gasteiger partial charge on any atom is -0.103 e. The van der Waals surface area contributed by atoms with Crippen LogP contribution in [-0.4, -0.2) is 0 Å². The second-order valence-corrected chi connectivity index (χ2v) is 5.04. The lowest BCUT2D eigenvalue weighted by Crippen LogP contribution is -1.73. The predicted molar refractivity (Wildman–Crippen MR) is 72.3 cm³/mol. The summed E-state index contributed by atoms with van der Waals surface area (Å²) in [5.74, 6) is 0. The third-order valence-electron chi connectivity index (χ3n) is 1.59. The highest BCUT2D eigenvalue weighted by atomic mass is 33.1. The summed E-state index contributed by atoms with van der Waals surface area (Å²) in [5, 5.41) is 0. The first-order valence-corrected chi connectivity index (χ1v) is 6.80. The molecule has 0 atom stereocenters. The molecule has 0 aromatic rings. The van der Waals surface area contributed by atoms with Crippen LogP contribution in [0.5, 0.6) is 0 Å². The van der Waals surface area contributed by atoms with Gasteiger partial charge in [-0.3, -0.25) is 0 Å². The Morgan fingerprint density at radius 2 is 1.29 bits per heavy atom. The van der Waals surface area contributed by atoms with Gasteiger partial charge in [0.05, 0.1) is 0 Å². The van der Waals surface area contributed by atoms with Gasteiger partial charge >= 0.3 is 0 Å². The Morgan fingerprint density at radius 3 is 1.50 bits per heavy atom. The molecule has 0 aromatic heterocycles. The second-order valence-electron chi connectivity index (χ2n) is 2.66. The first-order chi connectivity index (χ1) is 6.78. The Balaban J connectivity index is 4.00. The second kappa shape index (κ2) is 9.22. The van der Waals surface area contributed by atoms with Crippen molar-refractivity contribution in [2.75, 3.05) is 0 Å². The van der Waals surface area contributed by atoms with E-state index in [0.717, 1.165) is 12.8 Å². The summed E-state index contributed by atoms with van der Waals surface area (Å²) in [4.78, 5) is 2.71. The zero-order valence-electron chi connectivity index (χ0n) is 8.95. The van der Waals surface area contributed by atoms with Gasteiger partial charge in [-0.25, -0.2) is 0 Å². The molecule has 0 aromatic carbocycles. The molecule has 0 aliphatic rings. The van der Waals surface area contributed by atoms with Crippen LogP contribution in [-0.2, 0) is 0 Å². The predicted octanol–water partition coefficient (Wildman–Crippen LogP) is 5.33. The SMILES string of the molecule is C=CCC(=CC)SSC(=CC)CC=C. The zero-order chi connectivity index (χ0) is 10.8. The van der Waals surface area contributed by atoms with Gasteiger partial charge in [0.1, 0.15) is 0 Å². The van der Waals surface area contributed by atoms with Crippen LogP contribution in [0.4, 0.5) is 0 Å². The lowest BCUT2D eigenvalue weighted by Gasteiger charge is -2.04. The first kappa shape index (κ1) is 13.7. The van der Waals surface area contributed by atoms with Gasteiger partial charge in [-0.2, -0.15) is 0 Å². The fourth-order valence-corrected chi connectivity index (χ4v) is 3.20. The molecule has 0 nitrogen and oxygen atoms in total.